The Hall–Kier alpha value is -4.37. The van der Waals surface area contributed by atoms with Crippen LogP contribution in [0.1, 0.15) is 16.7 Å². The summed E-state index contributed by atoms with van der Waals surface area (Å²) in [6.45, 7) is 3.74. The number of aryl methyl sites for hydroxylation is 2. The van der Waals surface area contributed by atoms with Crippen LogP contribution < -0.4 is 4.18 Å². The minimum atomic E-state index is -4.41. The van der Waals surface area contributed by atoms with Gasteiger partial charge in [0.25, 0.3) is 0 Å². The Bertz CT molecular complexity index is 2020. The Labute approximate surface area is 242 Å². The average Bonchev–Trinajstić information content (AvgIpc) is 3.42. The van der Waals surface area contributed by atoms with Gasteiger partial charge in [-0.1, -0.05) is 83.1 Å². The van der Waals surface area contributed by atoms with E-state index in [1.165, 1.54) is 30.3 Å². The highest BCUT2D eigenvalue weighted by Gasteiger charge is 2.25. The highest BCUT2D eigenvalue weighted by molar-refractivity contribution is 8.18. The average molecular weight is 603 g/mol. The zero-order valence-corrected chi connectivity index (χ0v) is 24.3. The van der Waals surface area contributed by atoms with Crippen LogP contribution in [0.25, 0.3) is 16.3 Å². The van der Waals surface area contributed by atoms with E-state index in [4.69, 9.17) is 8.47 Å². The number of oxime groups is 1. The van der Waals surface area contributed by atoms with Gasteiger partial charge in [0.15, 0.2) is 5.75 Å². The van der Waals surface area contributed by atoms with E-state index in [2.05, 4.69) is 11.2 Å². The van der Waals surface area contributed by atoms with E-state index in [0.717, 1.165) is 28.5 Å². The van der Waals surface area contributed by atoms with Gasteiger partial charge in [-0.2, -0.15) is 22.1 Å². The van der Waals surface area contributed by atoms with Crippen LogP contribution in [0.3, 0.4) is 0 Å². The lowest BCUT2D eigenvalue weighted by atomic mass is 10.0. The summed E-state index contributed by atoms with van der Waals surface area (Å²) in [6, 6.07) is 24.7. The predicted molar refractivity (Wildman–Crippen MR) is 159 cm³/mol. The monoisotopic (exact) mass is 602 g/mol. The lowest BCUT2D eigenvalue weighted by Crippen LogP contribution is -2.11. The van der Waals surface area contributed by atoms with Crippen molar-refractivity contribution in [1.82, 2.24) is 0 Å². The molecule has 206 valence electrons. The quantitative estimate of drug-likeness (QED) is 0.134. The van der Waals surface area contributed by atoms with Crippen molar-refractivity contribution in [3.05, 3.63) is 119 Å². The van der Waals surface area contributed by atoms with Crippen LogP contribution >= 0.6 is 11.8 Å². The number of hydrogen-bond donors (Lipinski definition) is 0. The second-order valence-electron chi connectivity index (χ2n) is 9.02. The second kappa shape index (κ2) is 11.2. The summed E-state index contributed by atoms with van der Waals surface area (Å²) in [6.07, 6.45) is 3.25. The van der Waals surface area contributed by atoms with E-state index in [9.17, 15) is 22.1 Å². The van der Waals surface area contributed by atoms with E-state index < -0.39 is 20.2 Å². The van der Waals surface area contributed by atoms with Crippen LogP contribution in [0.5, 0.6) is 5.75 Å². The molecule has 0 aliphatic carbocycles. The Morgan fingerprint density at radius 1 is 0.805 bits per heavy atom. The second-order valence-corrected chi connectivity index (χ2v) is 13.1. The van der Waals surface area contributed by atoms with E-state index in [0.29, 0.717) is 10.5 Å². The molecule has 0 aromatic heterocycles. The fraction of sp³-hybridized carbons (Fsp3) is 0.0667. The third kappa shape index (κ3) is 5.90. The summed E-state index contributed by atoms with van der Waals surface area (Å²) >= 11 is 1.11. The third-order valence-electron chi connectivity index (χ3n) is 6.21. The number of hydrogen-bond acceptors (Lipinski definition) is 9. The maximum atomic E-state index is 13.2. The summed E-state index contributed by atoms with van der Waals surface area (Å²) in [5.74, 6) is -0.0317. The molecular formula is C30H22N2O6S3. The maximum Gasteiger partial charge on any atom is 0.359 e. The molecule has 0 spiro atoms. The van der Waals surface area contributed by atoms with E-state index in [1.807, 2.05) is 38.1 Å². The van der Waals surface area contributed by atoms with Gasteiger partial charge < -0.3 is 4.18 Å². The van der Waals surface area contributed by atoms with Gasteiger partial charge in [0.1, 0.15) is 20.9 Å². The van der Waals surface area contributed by atoms with Crippen molar-refractivity contribution in [1.29, 1.82) is 5.26 Å². The number of rotatable bonds is 7. The molecule has 4 aromatic rings. The molecule has 0 unspecified atom stereocenters. The summed E-state index contributed by atoms with van der Waals surface area (Å²) in [5.41, 5.74) is 3.04. The first-order valence-corrected chi connectivity index (χ1v) is 15.8. The molecule has 5 rings (SSSR count). The first-order valence-electron chi connectivity index (χ1n) is 12.2. The van der Waals surface area contributed by atoms with Gasteiger partial charge in [0, 0.05) is 15.7 Å². The Morgan fingerprint density at radius 2 is 1.49 bits per heavy atom. The third-order valence-corrected chi connectivity index (χ3v) is 9.61. The largest absolute Gasteiger partial charge is 0.378 e. The van der Waals surface area contributed by atoms with Crippen LogP contribution in [0.15, 0.2) is 117 Å². The van der Waals surface area contributed by atoms with Gasteiger partial charge in [0.2, 0.25) is 0 Å². The minimum absolute atomic E-state index is 0.0273. The molecule has 0 amide bonds. The first-order chi connectivity index (χ1) is 19.6. The Kier molecular flexibility index (Phi) is 7.73. The SMILES string of the molecule is Cc1ccc(S(=O)(=O)Oc2ccc(S(=O)(=O)ON=C3C=C/C(=C(\C#N)c4ccccc4C)S3)c3ccccc23)cc1. The van der Waals surface area contributed by atoms with Gasteiger partial charge in [-0.15, -0.1) is 0 Å². The van der Waals surface area contributed by atoms with Gasteiger partial charge in [-0.3, -0.25) is 4.28 Å². The highest BCUT2D eigenvalue weighted by Crippen LogP contribution is 2.36. The Morgan fingerprint density at radius 3 is 2.20 bits per heavy atom. The standard InChI is InChI=1S/C30H22N2O6S3/c1-20-11-13-22(14-12-20)40(33,34)37-27-15-17-29(25-10-6-5-9-24(25)27)41(35,36)38-32-30-18-16-28(39-30)26(19-31)23-8-4-3-7-21(23)2/h3-18H,1-2H3/b28-26-,32-30?. The molecule has 1 aliphatic rings. The van der Waals surface area contributed by atoms with Crippen LogP contribution in [0.2, 0.25) is 0 Å². The van der Waals surface area contributed by atoms with Crippen LogP contribution in [-0.2, 0) is 24.5 Å². The molecule has 41 heavy (non-hydrogen) atoms. The first kappa shape index (κ1) is 28.2. The van der Waals surface area contributed by atoms with Crippen molar-refractivity contribution in [2.24, 2.45) is 5.16 Å². The van der Waals surface area contributed by atoms with Gasteiger partial charge in [0.05, 0.1) is 5.57 Å². The number of nitriles is 1. The molecule has 4 aromatic carbocycles. The van der Waals surface area contributed by atoms with E-state index in [-0.39, 0.29) is 31.4 Å². The molecule has 1 heterocycles. The summed E-state index contributed by atoms with van der Waals surface area (Å²) in [5, 5.41) is 14.3. The fourth-order valence-electron chi connectivity index (χ4n) is 4.14. The van der Waals surface area contributed by atoms with Gasteiger partial charge in [-0.05, 0) is 61.4 Å². The topological polar surface area (TPSA) is 123 Å². The highest BCUT2D eigenvalue weighted by atomic mass is 32.2. The molecule has 0 bridgehead atoms. The van der Waals surface area contributed by atoms with Crippen molar-refractivity contribution in [3.8, 4) is 11.8 Å². The molecule has 1 aliphatic heterocycles. The normalized spacial score (nSPS) is 15.6. The summed E-state index contributed by atoms with van der Waals surface area (Å²) < 4.78 is 62.6. The lowest BCUT2D eigenvalue weighted by Gasteiger charge is -2.12. The summed E-state index contributed by atoms with van der Waals surface area (Å²) in [7, 11) is -8.58. The predicted octanol–water partition coefficient (Wildman–Crippen LogP) is 6.48. The van der Waals surface area contributed by atoms with E-state index >= 15 is 0 Å². The number of nitrogens with zero attached hydrogens (tertiary/aromatic N) is 2. The van der Waals surface area contributed by atoms with Crippen LogP contribution in [0, 0.1) is 25.2 Å². The number of allylic oxidation sites excluding steroid dienone is 2. The lowest BCUT2D eigenvalue weighted by molar-refractivity contribution is 0.341. The van der Waals surface area contributed by atoms with Crippen molar-refractivity contribution in [2.75, 3.05) is 0 Å². The van der Waals surface area contributed by atoms with Gasteiger partial charge >= 0.3 is 20.2 Å². The number of fused-ring (bicyclic) bond motifs is 1. The van der Waals surface area contributed by atoms with Crippen molar-refractivity contribution < 1.29 is 25.3 Å². The van der Waals surface area contributed by atoms with Crippen molar-refractivity contribution in [2.45, 2.75) is 23.6 Å². The zero-order chi connectivity index (χ0) is 29.2. The molecular weight excluding hydrogens is 581 g/mol. The van der Waals surface area contributed by atoms with Crippen molar-refractivity contribution >= 4 is 53.4 Å². The van der Waals surface area contributed by atoms with Crippen LogP contribution in [0.4, 0.5) is 0 Å². The van der Waals surface area contributed by atoms with E-state index in [1.54, 1.807) is 42.5 Å². The molecule has 0 radical (unpaired) electrons. The Balaban J connectivity index is 1.42. The fourth-order valence-corrected chi connectivity index (χ4v) is 6.91. The minimum Gasteiger partial charge on any atom is -0.378 e. The molecule has 8 nitrogen and oxygen atoms in total. The molecule has 0 saturated heterocycles. The van der Waals surface area contributed by atoms with Gasteiger partial charge in [-0.25, -0.2) is 0 Å². The zero-order valence-electron chi connectivity index (χ0n) is 21.8. The number of benzene rings is 4. The van der Waals surface area contributed by atoms with Crippen LogP contribution in [-0.4, -0.2) is 21.9 Å². The number of thioether (sulfide) groups is 1. The molecule has 0 fully saturated rings. The molecule has 11 heteroatoms. The maximum absolute atomic E-state index is 13.2. The van der Waals surface area contributed by atoms with Crippen molar-refractivity contribution in [3.63, 3.8) is 0 Å². The summed E-state index contributed by atoms with van der Waals surface area (Å²) in [4.78, 5) is 0.377. The molecule has 0 atom stereocenters. The molecule has 0 N–H and O–H groups in total. The molecule has 0 saturated carbocycles. The smallest absolute Gasteiger partial charge is 0.359 e.